The van der Waals surface area contributed by atoms with Crippen LogP contribution in [0, 0.1) is 0 Å². The molecule has 162 valence electrons. The fraction of sp³-hybridized carbons (Fsp3) is 0.240. The Kier molecular flexibility index (Phi) is 5.31. The summed E-state index contributed by atoms with van der Waals surface area (Å²) in [7, 11) is 0. The first-order chi connectivity index (χ1) is 15.5. The zero-order chi connectivity index (χ0) is 22.2. The van der Waals surface area contributed by atoms with Crippen LogP contribution < -0.4 is 4.90 Å². The average Bonchev–Trinajstić information content (AvgIpc) is 2.82. The van der Waals surface area contributed by atoms with Crippen molar-refractivity contribution in [3.63, 3.8) is 0 Å². The SMILES string of the molecule is O=C(CCN1C(=O)c2cccc3cccc(c23)C1=O)N1CCN(c2cccc(Cl)c2)CC1. The van der Waals surface area contributed by atoms with Crippen LogP contribution in [-0.2, 0) is 4.79 Å². The van der Waals surface area contributed by atoms with Gasteiger partial charge in [-0.3, -0.25) is 19.3 Å². The number of anilines is 1. The number of imide groups is 1. The van der Waals surface area contributed by atoms with Gasteiger partial charge in [0.2, 0.25) is 5.91 Å². The molecule has 0 N–H and O–H groups in total. The molecule has 2 aliphatic rings. The van der Waals surface area contributed by atoms with E-state index in [2.05, 4.69) is 4.90 Å². The van der Waals surface area contributed by atoms with Gasteiger partial charge in [0, 0.05) is 66.4 Å². The molecule has 2 aliphatic heterocycles. The number of rotatable bonds is 4. The minimum atomic E-state index is -0.335. The van der Waals surface area contributed by atoms with E-state index < -0.39 is 0 Å². The summed E-state index contributed by atoms with van der Waals surface area (Å²) in [5.41, 5.74) is 2.07. The van der Waals surface area contributed by atoms with E-state index in [1.807, 2.05) is 48.5 Å². The Bertz CT molecular complexity index is 1180. The molecule has 7 heteroatoms. The summed E-state index contributed by atoms with van der Waals surface area (Å²) in [5, 5.41) is 2.26. The van der Waals surface area contributed by atoms with E-state index in [-0.39, 0.29) is 30.7 Å². The number of piperazine rings is 1. The average molecular weight is 448 g/mol. The van der Waals surface area contributed by atoms with E-state index in [1.165, 1.54) is 4.90 Å². The number of amides is 3. The molecule has 0 unspecified atom stereocenters. The second-order valence-electron chi connectivity index (χ2n) is 8.07. The second kappa shape index (κ2) is 8.28. The standard InChI is InChI=1S/C25H22ClN3O3/c26-18-6-3-7-19(16-18)27-12-14-28(15-13-27)22(30)10-11-29-24(31)20-8-1-4-17-5-2-9-21(23(17)20)25(29)32/h1-9,16H,10-15H2. The van der Waals surface area contributed by atoms with Gasteiger partial charge >= 0.3 is 0 Å². The summed E-state index contributed by atoms with van der Waals surface area (Å²) >= 11 is 6.09. The van der Waals surface area contributed by atoms with Crippen LogP contribution in [-0.4, -0.2) is 60.2 Å². The van der Waals surface area contributed by atoms with Crippen molar-refractivity contribution in [3.05, 3.63) is 76.8 Å². The first-order valence-corrected chi connectivity index (χ1v) is 11.1. The molecule has 0 radical (unpaired) electrons. The van der Waals surface area contributed by atoms with Crippen molar-refractivity contribution in [1.29, 1.82) is 0 Å². The Morgan fingerprint density at radius 3 is 2.09 bits per heavy atom. The van der Waals surface area contributed by atoms with Crippen molar-refractivity contribution in [3.8, 4) is 0 Å². The Labute approximate surface area is 191 Å². The molecule has 1 fully saturated rings. The third-order valence-corrected chi connectivity index (χ3v) is 6.45. The summed E-state index contributed by atoms with van der Waals surface area (Å²) < 4.78 is 0. The van der Waals surface area contributed by atoms with E-state index in [0.29, 0.717) is 47.7 Å². The molecule has 6 nitrogen and oxygen atoms in total. The van der Waals surface area contributed by atoms with Gasteiger partial charge in [0.05, 0.1) is 0 Å². The summed E-state index contributed by atoms with van der Waals surface area (Å²) in [6, 6.07) is 18.6. The Morgan fingerprint density at radius 1 is 0.844 bits per heavy atom. The summed E-state index contributed by atoms with van der Waals surface area (Å²) in [5.74, 6) is -0.718. The minimum Gasteiger partial charge on any atom is -0.368 e. The molecular formula is C25H22ClN3O3. The van der Waals surface area contributed by atoms with Gasteiger partial charge in [-0.2, -0.15) is 0 Å². The molecule has 0 bridgehead atoms. The lowest BCUT2D eigenvalue weighted by atomic mass is 9.94. The van der Waals surface area contributed by atoms with Crippen LogP contribution in [0.25, 0.3) is 10.8 Å². The number of carbonyl (C=O) groups is 3. The topological polar surface area (TPSA) is 60.9 Å². The van der Waals surface area contributed by atoms with Crippen molar-refractivity contribution in [2.24, 2.45) is 0 Å². The third kappa shape index (κ3) is 3.60. The minimum absolute atomic E-state index is 0.0478. The predicted octanol–water partition coefficient (Wildman–Crippen LogP) is 3.83. The number of hydrogen-bond donors (Lipinski definition) is 0. The van der Waals surface area contributed by atoms with E-state index >= 15 is 0 Å². The first-order valence-electron chi connectivity index (χ1n) is 10.7. The van der Waals surface area contributed by atoms with Crippen LogP contribution in [0.4, 0.5) is 5.69 Å². The van der Waals surface area contributed by atoms with Gasteiger partial charge in [0.15, 0.2) is 0 Å². The van der Waals surface area contributed by atoms with Gasteiger partial charge in [0.25, 0.3) is 11.8 Å². The highest BCUT2D eigenvalue weighted by atomic mass is 35.5. The van der Waals surface area contributed by atoms with Crippen molar-refractivity contribution < 1.29 is 14.4 Å². The lowest BCUT2D eigenvalue weighted by molar-refractivity contribution is -0.131. The molecule has 3 aromatic carbocycles. The normalized spacial score (nSPS) is 16.1. The molecule has 1 saturated heterocycles. The van der Waals surface area contributed by atoms with Crippen LogP contribution in [0.3, 0.4) is 0 Å². The molecule has 0 aliphatic carbocycles. The van der Waals surface area contributed by atoms with Crippen molar-refractivity contribution >= 4 is 45.8 Å². The highest BCUT2D eigenvalue weighted by molar-refractivity contribution is 6.30. The van der Waals surface area contributed by atoms with Crippen LogP contribution in [0.1, 0.15) is 27.1 Å². The summed E-state index contributed by atoms with van der Waals surface area (Å²) in [6.45, 7) is 2.69. The molecule has 2 heterocycles. The highest BCUT2D eigenvalue weighted by Gasteiger charge is 2.33. The fourth-order valence-corrected chi connectivity index (χ4v) is 4.72. The van der Waals surface area contributed by atoms with Crippen molar-refractivity contribution in [2.45, 2.75) is 6.42 Å². The Hall–Kier alpha value is -3.38. The zero-order valence-corrected chi connectivity index (χ0v) is 18.2. The third-order valence-electron chi connectivity index (χ3n) is 6.21. The molecule has 3 amide bonds. The van der Waals surface area contributed by atoms with Gasteiger partial charge in [-0.05, 0) is 35.7 Å². The molecule has 0 aromatic heterocycles. The maximum Gasteiger partial charge on any atom is 0.261 e. The first kappa shape index (κ1) is 20.5. The van der Waals surface area contributed by atoms with E-state index in [9.17, 15) is 14.4 Å². The van der Waals surface area contributed by atoms with Crippen molar-refractivity contribution in [1.82, 2.24) is 9.80 Å². The van der Waals surface area contributed by atoms with Crippen LogP contribution in [0.5, 0.6) is 0 Å². The van der Waals surface area contributed by atoms with E-state index in [1.54, 1.807) is 17.0 Å². The van der Waals surface area contributed by atoms with Gasteiger partial charge in [-0.15, -0.1) is 0 Å². The molecular weight excluding hydrogens is 426 g/mol. The van der Waals surface area contributed by atoms with Gasteiger partial charge in [0.1, 0.15) is 0 Å². The lowest BCUT2D eigenvalue weighted by Crippen LogP contribution is -2.50. The summed E-state index contributed by atoms with van der Waals surface area (Å²) in [6.07, 6.45) is 0.118. The van der Waals surface area contributed by atoms with Gasteiger partial charge in [-0.1, -0.05) is 41.9 Å². The van der Waals surface area contributed by atoms with Crippen LogP contribution in [0.2, 0.25) is 5.02 Å². The van der Waals surface area contributed by atoms with Gasteiger partial charge < -0.3 is 9.80 Å². The number of halogens is 1. The number of nitrogens with zero attached hydrogens (tertiary/aromatic N) is 3. The highest BCUT2D eigenvalue weighted by Crippen LogP contribution is 2.30. The van der Waals surface area contributed by atoms with E-state index in [4.69, 9.17) is 11.6 Å². The van der Waals surface area contributed by atoms with E-state index in [0.717, 1.165) is 11.1 Å². The Morgan fingerprint density at radius 2 is 1.47 bits per heavy atom. The number of carbonyl (C=O) groups excluding carboxylic acids is 3. The fourth-order valence-electron chi connectivity index (χ4n) is 4.54. The molecule has 3 aromatic rings. The quantitative estimate of drug-likeness (QED) is 0.570. The van der Waals surface area contributed by atoms with Crippen molar-refractivity contribution in [2.75, 3.05) is 37.6 Å². The zero-order valence-electron chi connectivity index (χ0n) is 17.5. The van der Waals surface area contributed by atoms with Gasteiger partial charge in [-0.25, -0.2) is 0 Å². The van der Waals surface area contributed by atoms with Crippen LogP contribution >= 0.6 is 11.6 Å². The second-order valence-corrected chi connectivity index (χ2v) is 8.51. The maximum absolute atomic E-state index is 13.0. The van der Waals surface area contributed by atoms with Crippen LogP contribution in [0.15, 0.2) is 60.7 Å². The summed E-state index contributed by atoms with van der Waals surface area (Å²) in [4.78, 5) is 44.0. The lowest BCUT2D eigenvalue weighted by Gasteiger charge is -2.36. The smallest absolute Gasteiger partial charge is 0.261 e. The molecule has 0 atom stereocenters. The number of hydrogen-bond acceptors (Lipinski definition) is 4. The largest absolute Gasteiger partial charge is 0.368 e. The Balaban J connectivity index is 1.23. The predicted molar refractivity (Wildman–Crippen MR) is 124 cm³/mol. The monoisotopic (exact) mass is 447 g/mol. The maximum atomic E-state index is 13.0. The molecule has 0 spiro atoms. The number of benzene rings is 3. The molecule has 0 saturated carbocycles. The molecule has 32 heavy (non-hydrogen) atoms. The molecule has 5 rings (SSSR count).